The number of H-pyrrole nitrogens is 1. The van der Waals surface area contributed by atoms with Crippen LogP contribution in [0.4, 0.5) is 14.5 Å². The molecule has 1 amide bonds. The van der Waals surface area contributed by atoms with Gasteiger partial charge in [0.1, 0.15) is 0 Å². The molecule has 0 fully saturated rings. The predicted octanol–water partition coefficient (Wildman–Crippen LogP) is 1.23. The summed E-state index contributed by atoms with van der Waals surface area (Å²) in [4.78, 5) is 24.9. The van der Waals surface area contributed by atoms with Crippen molar-refractivity contribution in [1.82, 2.24) is 10.3 Å². The highest BCUT2D eigenvalue weighted by Gasteiger charge is 2.14. The van der Waals surface area contributed by atoms with Crippen molar-refractivity contribution in [2.24, 2.45) is 0 Å². The van der Waals surface area contributed by atoms with Gasteiger partial charge in [-0.05, 0) is 6.07 Å². The molecular formula is C11H9F2N3O2S. The molecular weight excluding hydrogens is 276 g/mol. The number of halogens is 2. The Morgan fingerprint density at radius 1 is 1.37 bits per heavy atom. The van der Waals surface area contributed by atoms with Crippen molar-refractivity contribution in [2.75, 3.05) is 5.73 Å². The van der Waals surface area contributed by atoms with E-state index in [0.29, 0.717) is 5.69 Å². The predicted molar refractivity (Wildman–Crippen MR) is 66.9 cm³/mol. The molecule has 1 aromatic heterocycles. The molecule has 0 bridgehead atoms. The maximum Gasteiger partial charge on any atom is 0.304 e. The van der Waals surface area contributed by atoms with Crippen molar-refractivity contribution >= 4 is 22.9 Å². The van der Waals surface area contributed by atoms with E-state index in [1.54, 1.807) is 5.38 Å². The number of aromatic nitrogens is 1. The van der Waals surface area contributed by atoms with E-state index in [2.05, 4.69) is 10.3 Å². The molecule has 1 heterocycles. The van der Waals surface area contributed by atoms with Gasteiger partial charge < -0.3 is 16.0 Å². The highest BCUT2D eigenvalue weighted by atomic mass is 32.1. The van der Waals surface area contributed by atoms with Gasteiger partial charge in [-0.25, -0.2) is 8.78 Å². The van der Waals surface area contributed by atoms with Gasteiger partial charge in [0.2, 0.25) is 0 Å². The fourth-order valence-corrected chi connectivity index (χ4v) is 2.01. The van der Waals surface area contributed by atoms with E-state index in [1.807, 2.05) is 0 Å². The molecule has 0 aliphatic heterocycles. The summed E-state index contributed by atoms with van der Waals surface area (Å²) >= 11 is 0.963. The summed E-state index contributed by atoms with van der Waals surface area (Å²) in [5.41, 5.74) is 5.65. The van der Waals surface area contributed by atoms with Crippen LogP contribution in [0.1, 0.15) is 16.1 Å². The zero-order valence-electron chi connectivity index (χ0n) is 9.50. The van der Waals surface area contributed by atoms with Crippen LogP contribution in [-0.2, 0) is 6.54 Å². The molecule has 2 rings (SSSR count). The lowest BCUT2D eigenvalue weighted by Gasteiger charge is -2.07. The number of rotatable bonds is 3. The first kappa shape index (κ1) is 13.2. The Morgan fingerprint density at radius 3 is 2.68 bits per heavy atom. The molecule has 0 aliphatic carbocycles. The molecule has 2 aromatic rings. The molecule has 0 aliphatic rings. The fraction of sp³-hybridized carbons (Fsp3) is 0.0909. The summed E-state index contributed by atoms with van der Waals surface area (Å²) in [7, 11) is 0. The number of carbonyl (C=O) groups is 1. The Morgan fingerprint density at radius 2 is 2.05 bits per heavy atom. The van der Waals surface area contributed by atoms with Crippen molar-refractivity contribution in [3.05, 3.63) is 50.1 Å². The van der Waals surface area contributed by atoms with Gasteiger partial charge in [-0.1, -0.05) is 11.3 Å². The summed E-state index contributed by atoms with van der Waals surface area (Å²) in [6.07, 6.45) is 0. The fourth-order valence-electron chi connectivity index (χ4n) is 1.43. The number of nitrogens with two attached hydrogens (primary N) is 1. The van der Waals surface area contributed by atoms with E-state index < -0.39 is 17.5 Å². The van der Waals surface area contributed by atoms with Gasteiger partial charge in [0.25, 0.3) is 5.91 Å². The number of benzene rings is 1. The van der Waals surface area contributed by atoms with Crippen LogP contribution in [0.15, 0.2) is 22.3 Å². The van der Waals surface area contributed by atoms with Crippen molar-refractivity contribution in [3.63, 3.8) is 0 Å². The number of hydrogen-bond acceptors (Lipinski definition) is 4. The van der Waals surface area contributed by atoms with Gasteiger partial charge in [-0.3, -0.25) is 9.59 Å². The average molecular weight is 285 g/mol. The summed E-state index contributed by atoms with van der Waals surface area (Å²) < 4.78 is 25.9. The van der Waals surface area contributed by atoms with Crippen LogP contribution in [0, 0.1) is 11.6 Å². The topological polar surface area (TPSA) is 88.0 Å². The minimum absolute atomic E-state index is 0.0655. The van der Waals surface area contributed by atoms with Crippen LogP contribution in [-0.4, -0.2) is 10.9 Å². The molecule has 100 valence electrons. The number of nitrogen functional groups attached to an aromatic ring is 1. The third-order valence-electron chi connectivity index (χ3n) is 2.35. The van der Waals surface area contributed by atoms with Crippen LogP contribution < -0.4 is 15.9 Å². The van der Waals surface area contributed by atoms with Crippen LogP contribution in [0.25, 0.3) is 0 Å². The van der Waals surface area contributed by atoms with Crippen LogP contribution in [0.5, 0.6) is 0 Å². The molecule has 4 N–H and O–H groups in total. The van der Waals surface area contributed by atoms with Crippen molar-refractivity contribution in [3.8, 4) is 0 Å². The Labute approximate surface area is 110 Å². The minimum Gasteiger partial charge on any atom is -0.398 e. The number of nitrogens with one attached hydrogen (secondary N) is 2. The Bertz CT molecular complexity index is 681. The molecule has 0 atom stereocenters. The van der Waals surface area contributed by atoms with E-state index in [9.17, 15) is 18.4 Å². The third-order valence-corrected chi connectivity index (χ3v) is 3.07. The monoisotopic (exact) mass is 285 g/mol. The number of thiazole rings is 1. The number of anilines is 1. The summed E-state index contributed by atoms with van der Waals surface area (Å²) in [5, 5.41) is 4.00. The standard InChI is InChI=1S/C11H9F2N3O2S/c12-7-1-6(9(14)2-8(7)13)10(17)15-3-5-4-19-11(18)16-5/h1-2,4H,3,14H2,(H,15,17)(H,16,18). The van der Waals surface area contributed by atoms with E-state index in [0.717, 1.165) is 23.5 Å². The Balaban J connectivity index is 2.12. The number of amides is 1. The van der Waals surface area contributed by atoms with Crippen LogP contribution in [0.3, 0.4) is 0 Å². The van der Waals surface area contributed by atoms with E-state index in [-0.39, 0.29) is 22.7 Å². The molecule has 8 heteroatoms. The molecule has 0 saturated heterocycles. The Kier molecular flexibility index (Phi) is 3.61. The van der Waals surface area contributed by atoms with Gasteiger partial charge in [0.05, 0.1) is 12.1 Å². The summed E-state index contributed by atoms with van der Waals surface area (Å²) in [6, 6.07) is 1.48. The highest BCUT2D eigenvalue weighted by Crippen LogP contribution is 2.16. The smallest absolute Gasteiger partial charge is 0.304 e. The molecule has 0 spiro atoms. The first-order valence-electron chi connectivity index (χ1n) is 5.17. The number of aromatic amines is 1. The first-order chi connectivity index (χ1) is 8.97. The van der Waals surface area contributed by atoms with E-state index in [1.165, 1.54) is 0 Å². The highest BCUT2D eigenvalue weighted by molar-refractivity contribution is 7.07. The van der Waals surface area contributed by atoms with Crippen molar-refractivity contribution in [2.45, 2.75) is 6.54 Å². The average Bonchev–Trinajstić information content (AvgIpc) is 2.77. The minimum atomic E-state index is -1.15. The SMILES string of the molecule is Nc1cc(F)c(F)cc1C(=O)NCc1csc(=O)[nH]1. The van der Waals surface area contributed by atoms with Crippen molar-refractivity contribution in [1.29, 1.82) is 0 Å². The second kappa shape index (κ2) is 5.19. The van der Waals surface area contributed by atoms with Gasteiger partial charge in [-0.2, -0.15) is 0 Å². The number of hydrogen-bond donors (Lipinski definition) is 3. The normalized spacial score (nSPS) is 10.4. The lowest BCUT2D eigenvalue weighted by molar-refractivity contribution is 0.0951. The molecule has 19 heavy (non-hydrogen) atoms. The van der Waals surface area contributed by atoms with Gasteiger partial charge in [0, 0.05) is 22.8 Å². The largest absolute Gasteiger partial charge is 0.398 e. The molecule has 5 nitrogen and oxygen atoms in total. The second-order valence-electron chi connectivity index (χ2n) is 3.71. The van der Waals surface area contributed by atoms with Gasteiger partial charge in [-0.15, -0.1) is 0 Å². The van der Waals surface area contributed by atoms with Crippen molar-refractivity contribution < 1.29 is 13.6 Å². The van der Waals surface area contributed by atoms with Gasteiger partial charge in [0.15, 0.2) is 11.6 Å². The van der Waals surface area contributed by atoms with E-state index >= 15 is 0 Å². The van der Waals surface area contributed by atoms with Gasteiger partial charge >= 0.3 is 4.87 Å². The zero-order valence-corrected chi connectivity index (χ0v) is 10.3. The van der Waals surface area contributed by atoms with Crippen LogP contribution in [0.2, 0.25) is 0 Å². The Hall–Kier alpha value is -2.22. The maximum atomic E-state index is 13.0. The molecule has 0 radical (unpaired) electrons. The maximum absolute atomic E-state index is 13.0. The summed E-state index contributed by atoms with van der Waals surface area (Å²) in [5.74, 6) is -2.91. The molecule has 1 aromatic carbocycles. The molecule has 0 saturated carbocycles. The second-order valence-corrected chi connectivity index (χ2v) is 4.55. The lowest BCUT2D eigenvalue weighted by Crippen LogP contribution is -2.24. The summed E-state index contributed by atoms with van der Waals surface area (Å²) in [6.45, 7) is 0.0655. The third kappa shape index (κ3) is 2.97. The number of carbonyl (C=O) groups excluding carboxylic acids is 1. The first-order valence-corrected chi connectivity index (χ1v) is 6.04. The van der Waals surface area contributed by atoms with E-state index in [4.69, 9.17) is 5.73 Å². The zero-order chi connectivity index (χ0) is 14.0. The lowest BCUT2D eigenvalue weighted by atomic mass is 10.1. The van der Waals surface area contributed by atoms with Crippen LogP contribution >= 0.6 is 11.3 Å². The molecule has 0 unspecified atom stereocenters. The quantitative estimate of drug-likeness (QED) is 0.741.